The molecule has 28 heavy (non-hydrogen) atoms. The number of nitrogens with zero attached hydrogens (tertiary/aromatic N) is 2. The van der Waals surface area contributed by atoms with E-state index in [4.69, 9.17) is 9.26 Å². The highest BCUT2D eigenvalue weighted by Gasteiger charge is 2.22. The van der Waals surface area contributed by atoms with Crippen LogP contribution in [-0.4, -0.2) is 48.1 Å². The van der Waals surface area contributed by atoms with Gasteiger partial charge in [0, 0.05) is 37.2 Å². The number of carbonyl (C=O) groups excluding carboxylic acids is 2. The van der Waals surface area contributed by atoms with Crippen molar-refractivity contribution in [2.45, 2.75) is 40.2 Å². The van der Waals surface area contributed by atoms with Crippen molar-refractivity contribution >= 4 is 11.8 Å². The fourth-order valence-electron chi connectivity index (χ4n) is 2.78. The van der Waals surface area contributed by atoms with Gasteiger partial charge in [-0.2, -0.15) is 0 Å². The predicted molar refractivity (Wildman–Crippen MR) is 107 cm³/mol. The molecule has 0 aliphatic heterocycles. The molecule has 2 amide bonds. The first kappa shape index (κ1) is 21.5. The van der Waals surface area contributed by atoms with Crippen molar-refractivity contribution in [3.63, 3.8) is 0 Å². The Balaban J connectivity index is 2.10. The Hall–Kier alpha value is -2.83. The van der Waals surface area contributed by atoms with Gasteiger partial charge in [0.15, 0.2) is 11.5 Å². The van der Waals surface area contributed by atoms with Crippen molar-refractivity contribution < 1.29 is 18.8 Å². The van der Waals surface area contributed by atoms with Gasteiger partial charge in [-0.1, -0.05) is 19.0 Å². The van der Waals surface area contributed by atoms with Crippen molar-refractivity contribution in [2.24, 2.45) is 5.92 Å². The molecule has 152 valence electrons. The van der Waals surface area contributed by atoms with Gasteiger partial charge in [0.2, 0.25) is 5.91 Å². The lowest BCUT2D eigenvalue weighted by atomic mass is 10.1. The van der Waals surface area contributed by atoms with E-state index in [0.717, 1.165) is 11.3 Å². The van der Waals surface area contributed by atoms with Crippen molar-refractivity contribution in [3.8, 4) is 17.1 Å². The van der Waals surface area contributed by atoms with E-state index >= 15 is 0 Å². The molecular formula is C21H29N3O4. The van der Waals surface area contributed by atoms with Gasteiger partial charge in [-0.15, -0.1) is 0 Å². The highest BCUT2D eigenvalue weighted by molar-refractivity contribution is 5.93. The van der Waals surface area contributed by atoms with Gasteiger partial charge in [-0.25, -0.2) is 0 Å². The van der Waals surface area contributed by atoms with Gasteiger partial charge in [0.1, 0.15) is 5.75 Å². The molecule has 1 aromatic heterocycles. The second-order valence-corrected chi connectivity index (χ2v) is 7.42. The van der Waals surface area contributed by atoms with Crippen LogP contribution >= 0.6 is 0 Å². The zero-order valence-electron chi connectivity index (χ0n) is 17.2. The van der Waals surface area contributed by atoms with Crippen molar-refractivity contribution in [2.75, 3.05) is 20.2 Å². The lowest BCUT2D eigenvalue weighted by Gasteiger charge is -2.23. The number of nitrogens with one attached hydrogen (secondary N) is 1. The zero-order chi connectivity index (χ0) is 20.7. The summed E-state index contributed by atoms with van der Waals surface area (Å²) in [6, 6.07) is 9.02. The maximum Gasteiger partial charge on any atom is 0.276 e. The molecule has 0 fully saturated rings. The molecule has 0 unspecified atom stereocenters. The molecule has 1 aromatic carbocycles. The van der Waals surface area contributed by atoms with E-state index in [2.05, 4.69) is 10.5 Å². The first-order valence-electron chi connectivity index (χ1n) is 9.50. The van der Waals surface area contributed by atoms with E-state index in [-0.39, 0.29) is 35.9 Å². The molecule has 7 nitrogen and oxygen atoms in total. The molecule has 0 aliphatic carbocycles. The summed E-state index contributed by atoms with van der Waals surface area (Å²) in [6.45, 7) is 8.75. The fourth-order valence-corrected chi connectivity index (χ4v) is 2.78. The quantitative estimate of drug-likeness (QED) is 0.713. The molecule has 0 atom stereocenters. The Bertz CT molecular complexity index is 781. The van der Waals surface area contributed by atoms with Crippen molar-refractivity contribution in [1.29, 1.82) is 0 Å². The Labute approximate surface area is 166 Å². The summed E-state index contributed by atoms with van der Waals surface area (Å²) in [7, 11) is 1.60. The first-order valence-corrected chi connectivity index (χ1v) is 9.50. The minimum absolute atomic E-state index is 0.0735. The normalized spacial score (nSPS) is 11.0. The van der Waals surface area contributed by atoms with Crippen LogP contribution in [0, 0.1) is 5.92 Å². The molecule has 1 heterocycles. The number of benzene rings is 1. The minimum Gasteiger partial charge on any atom is -0.497 e. The number of aromatic nitrogens is 1. The molecule has 0 saturated carbocycles. The van der Waals surface area contributed by atoms with Gasteiger partial charge in [0.05, 0.1) is 7.11 Å². The Morgan fingerprint density at radius 1 is 1.18 bits per heavy atom. The van der Waals surface area contributed by atoms with Gasteiger partial charge in [-0.05, 0) is 44.0 Å². The lowest BCUT2D eigenvalue weighted by Crippen LogP contribution is -2.38. The van der Waals surface area contributed by atoms with E-state index in [1.54, 1.807) is 18.1 Å². The fraction of sp³-hybridized carbons (Fsp3) is 0.476. The number of rotatable bonds is 9. The summed E-state index contributed by atoms with van der Waals surface area (Å²) in [5.74, 6) is 1.20. The number of methoxy groups -OCH3 is 1. The maximum atomic E-state index is 12.9. The monoisotopic (exact) mass is 387 g/mol. The summed E-state index contributed by atoms with van der Waals surface area (Å²) in [4.78, 5) is 26.5. The molecular weight excluding hydrogens is 358 g/mol. The number of hydrogen-bond acceptors (Lipinski definition) is 5. The van der Waals surface area contributed by atoms with Crippen molar-refractivity contribution in [3.05, 3.63) is 36.0 Å². The van der Waals surface area contributed by atoms with E-state index in [9.17, 15) is 9.59 Å². The molecule has 1 N–H and O–H groups in total. The highest BCUT2D eigenvalue weighted by Crippen LogP contribution is 2.23. The van der Waals surface area contributed by atoms with Gasteiger partial charge < -0.3 is 19.5 Å². The zero-order valence-corrected chi connectivity index (χ0v) is 17.2. The summed E-state index contributed by atoms with van der Waals surface area (Å²) in [5.41, 5.74) is 1.04. The van der Waals surface area contributed by atoms with Crippen LogP contribution in [0.25, 0.3) is 11.3 Å². The number of carbonyl (C=O) groups is 2. The predicted octanol–water partition coefficient (Wildman–Crippen LogP) is 3.36. The average molecular weight is 387 g/mol. The number of ether oxygens (including phenoxy) is 1. The minimum atomic E-state index is -0.241. The summed E-state index contributed by atoms with van der Waals surface area (Å²) >= 11 is 0. The van der Waals surface area contributed by atoms with Crippen LogP contribution in [0.3, 0.4) is 0 Å². The average Bonchev–Trinajstić information content (AvgIpc) is 3.14. The molecule has 0 spiro atoms. The van der Waals surface area contributed by atoms with E-state index in [0.29, 0.717) is 18.8 Å². The SMILES string of the molecule is COc1ccc(-c2cc(C(=O)N(CCC(=O)NC(C)C)CC(C)C)no2)cc1. The van der Waals surface area contributed by atoms with E-state index < -0.39 is 0 Å². The molecule has 0 aliphatic rings. The van der Waals surface area contributed by atoms with Crippen LogP contribution in [-0.2, 0) is 4.79 Å². The second kappa shape index (κ2) is 9.92. The Kier molecular flexibility index (Phi) is 7.61. The molecule has 0 saturated heterocycles. The Morgan fingerprint density at radius 2 is 1.86 bits per heavy atom. The van der Waals surface area contributed by atoms with Crippen molar-refractivity contribution in [1.82, 2.24) is 15.4 Å². The van der Waals surface area contributed by atoms with E-state index in [1.165, 1.54) is 0 Å². The molecule has 0 bridgehead atoms. The second-order valence-electron chi connectivity index (χ2n) is 7.42. The highest BCUT2D eigenvalue weighted by atomic mass is 16.5. The van der Waals surface area contributed by atoms with Crippen LogP contribution in [0.15, 0.2) is 34.9 Å². The summed E-state index contributed by atoms with van der Waals surface area (Å²) < 4.78 is 10.5. The lowest BCUT2D eigenvalue weighted by molar-refractivity contribution is -0.121. The van der Waals surface area contributed by atoms with Gasteiger partial charge in [0.25, 0.3) is 5.91 Å². The molecule has 0 radical (unpaired) electrons. The molecule has 2 aromatic rings. The number of hydrogen-bond donors (Lipinski definition) is 1. The largest absolute Gasteiger partial charge is 0.497 e. The van der Waals surface area contributed by atoms with Crippen LogP contribution < -0.4 is 10.1 Å². The third-order valence-electron chi connectivity index (χ3n) is 4.04. The summed E-state index contributed by atoms with van der Waals surface area (Å²) in [5, 5.41) is 6.78. The van der Waals surface area contributed by atoms with Crippen LogP contribution in [0.4, 0.5) is 0 Å². The van der Waals surface area contributed by atoms with Crippen LogP contribution in [0.5, 0.6) is 5.75 Å². The van der Waals surface area contributed by atoms with Crippen LogP contribution in [0.2, 0.25) is 0 Å². The molecule has 7 heteroatoms. The standard InChI is InChI=1S/C21H29N3O4/c1-14(2)13-24(11-10-20(25)22-15(3)4)21(26)18-12-19(28-23-18)16-6-8-17(27-5)9-7-16/h6-9,12,14-15H,10-11,13H2,1-5H3,(H,22,25). The maximum absolute atomic E-state index is 12.9. The Morgan fingerprint density at radius 3 is 2.43 bits per heavy atom. The summed E-state index contributed by atoms with van der Waals surface area (Å²) in [6.07, 6.45) is 0.250. The van der Waals surface area contributed by atoms with Crippen LogP contribution in [0.1, 0.15) is 44.6 Å². The third kappa shape index (κ3) is 6.11. The number of amides is 2. The van der Waals surface area contributed by atoms with E-state index in [1.807, 2.05) is 52.0 Å². The molecule has 2 rings (SSSR count). The van der Waals surface area contributed by atoms with Gasteiger partial charge >= 0.3 is 0 Å². The topological polar surface area (TPSA) is 84.7 Å². The first-order chi connectivity index (χ1) is 13.3. The third-order valence-corrected chi connectivity index (χ3v) is 4.04. The smallest absolute Gasteiger partial charge is 0.276 e. The van der Waals surface area contributed by atoms with Gasteiger partial charge in [-0.3, -0.25) is 9.59 Å².